The van der Waals surface area contributed by atoms with Gasteiger partial charge in [0.15, 0.2) is 0 Å². The van der Waals surface area contributed by atoms with Crippen molar-refractivity contribution in [2.75, 3.05) is 0 Å². The smallest absolute Gasteiger partial charge is 0.326 e. The number of amides is 3. The average molecular weight is 547 g/mol. The molecule has 0 aliphatic rings. The van der Waals surface area contributed by atoms with E-state index in [1.54, 1.807) is 42.5 Å². The lowest BCUT2D eigenvalue weighted by Gasteiger charge is -2.24. The molecule has 0 aromatic heterocycles. The van der Waals surface area contributed by atoms with Crippen LogP contribution in [0.25, 0.3) is 0 Å². The van der Waals surface area contributed by atoms with Crippen LogP contribution in [-0.2, 0) is 38.4 Å². The molecule has 7 N–H and O–H groups in total. The molecule has 10 nitrogen and oxygen atoms in total. The number of benzene rings is 3. The zero-order valence-electron chi connectivity index (χ0n) is 22.1. The van der Waals surface area contributed by atoms with Crippen molar-refractivity contribution in [3.63, 3.8) is 0 Å². The Balaban J connectivity index is 1.69. The lowest BCUT2D eigenvalue weighted by atomic mass is 10.0. The van der Waals surface area contributed by atoms with Crippen molar-refractivity contribution in [1.82, 2.24) is 16.0 Å². The third kappa shape index (κ3) is 9.25. The van der Waals surface area contributed by atoms with Gasteiger partial charge in [0, 0.05) is 12.8 Å². The van der Waals surface area contributed by atoms with Gasteiger partial charge in [-0.15, -0.1) is 0 Å². The molecule has 0 saturated heterocycles. The first-order chi connectivity index (χ1) is 19.1. The Labute approximate surface area is 232 Å². The maximum absolute atomic E-state index is 13.3. The topological polar surface area (TPSA) is 171 Å². The minimum absolute atomic E-state index is 0.0176. The second-order valence-electron chi connectivity index (χ2n) is 9.55. The molecular weight excluding hydrogens is 512 g/mol. The molecule has 0 heterocycles. The van der Waals surface area contributed by atoms with Crippen LogP contribution in [-0.4, -0.2) is 58.1 Å². The summed E-state index contributed by atoms with van der Waals surface area (Å²) in [6, 6.07) is 19.8. The fraction of sp³-hybridized carbons (Fsp3) is 0.267. The second-order valence-corrected chi connectivity index (χ2v) is 9.55. The average Bonchev–Trinajstić information content (AvgIpc) is 2.94. The van der Waals surface area contributed by atoms with E-state index in [-0.39, 0.29) is 25.0 Å². The molecular formula is C30H34N4O6. The number of nitrogens with two attached hydrogens (primary N) is 1. The van der Waals surface area contributed by atoms with Gasteiger partial charge in [-0.1, -0.05) is 72.8 Å². The van der Waals surface area contributed by atoms with Crippen LogP contribution in [0.4, 0.5) is 0 Å². The summed E-state index contributed by atoms with van der Waals surface area (Å²) in [6.45, 7) is 1.47. The van der Waals surface area contributed by atoms with Crippen LogP contribution in [0.2, 0.25) is 0 Å². The highest BCUT2D eigenvalue weighted by atomic mass is 16.4. The molecule has 0 saturated carbocycles. The molecule has 0 bridgehead atoms. The van der Waals surface area contributed by atoms with E-state index in [1.807, 2.05) is 30.3 Å². The number of aromatic hydroxyl groups is 1. The van der Waals surface area contributed by atoms with Crippen molar-refractivity contribution in [2.45, 2.75) is 50.4 Å². The standard InChI is InChI=1S/C30H34N4O6/c1-19(32-28(37)24(31)16-20-8-4-2-5-9-20)27(36)33-25(17-22-12-14-23(35)15-13-22)29(38)34-26(30(39)40)18-21-10-6-3-7-11-21/h2-15,19,24-26,35H,16-18,31H2,1H3,(H,32,37)(H,33,36)(H,34,38)(H,39,40). The zero-order valence-corrected chi connectivity index (χ0v) is 22.1. The van der Waals surface area contributed by atoms with Gasteiger partial charge in [0.05, 0.1) is 6.04 Å². The largest absolute Gasteiger partial charge is 0.508 e. The number of carboxylic acid groups (broad SMARTS) is 1. The lowest BCUT2D eigenvalue weighted by Crippen LogP contribution is -2.57. The monoisotopic (exact) mass is 546 g/mol. The fourth-order valence-electron chi connectivity index (χ4n) is 4.04. The van der Waals surface area contributed by atoms with Crippen LogP contribution in [0, 0.1) is 0 Å². The highest BCUT2D eigenvalue weighted by molar-refractivity contribution is 5.94. The molecule has 3 aromatic rings. The SMILES string of the molecule is CC(NC(=O)C(N)Cc1ccccc1)C(=O)NC(Cc1ccc(O)cc1)C(=O)NC(Cc1ccccc1)C(=O)O. The van der Waals surface area contributed by atoms with E-state index in [0.717, 1.165) is 11.1 Å². The van der Waals surface area contributed by atoms with Crippen LogP contribution < -0.4 is 21.7 Å². The van der Waals surface area contributed by atoms with E-state index >= 15 is 0 Å². The van der Waals surface area contributed by atoms with Gasteiger partial charge in [0.25, 0.3) is 0 Å². The number of nitrogens with one attached hydrogen (secondary N) is 3. The number of carbonyl (C=O) groups excluding carboxylic acids is 3. The second kappa shape index (κ2) is 14.5. The summed E-state index contributed by atoms with van der Waals surface area (Å²) in [7, 11) is 0. The molecule has 3 aromatic carbocycles. The molecule has 10 heteroatoms. The number of aliphatic carboxylic acids is 1. The Morgan fingerprint density at radius 1 is 0.650 bits per heavy atom. The molecule has 4 atom stereocenters. The highest BCUT2D eigenvalue weighted by Gasteiger charge is 2.29. The lowest BCUT2D eigenvalue weighted by molar-refractivity contribution is -0.142. The number of carbonyl (C=O) groups is 4. The van der Waals surface area contributed by atoms with Gasteiger partial charge < -0.3 is 31.9 Å². The Bertz CT molecular complexity index is 1280. The van der Waals surface area contributed by atoms with Crippen LogP contribution in [0.1, 0.15) is 23.6 Å². The zero-order chi connectivity index (χ0) is 29.1. The Morgan fingerprint density at radius 3 is 1.68 bits per heavy atom. The minimum Gasteiger partial charge on any atom is -0.508 e. The number of hydrogen-bond donors (Lipinski definition) is 6. The van der Waals surface area contributed by atoms with Crippen molar-refractivity contribution in [2.24, 2.45) is 5.73 Å². The van der Waals surface area contributed by atoms with Crippen LogP contribution in [0.5, 0.6) is 5.75 Å². The predicted molar refractivity (Wildman–Crippen MR) is 149 cm³/mol. The van der Waals surface area contributed by atoms with E-state index in [2.05, 4.69) is 16.0 Å². The summed E-state index contributed by atoms with van der Waals surface area (Å²) in [4.78, 5) is 50.8. The normalized spacial score (nSPS) is 13.8. The van der Waals surface area contributed by atoms with E-state index in [0.29, 0.717) is 5.56 Å². The predicted octanol–water partition coefficient (Wildman–Crippen LogP) is 1.31. The van der Waals surface area contributed by atoms with E-state index in [4.69, 9.17) is 5.73 Å². The maximum atomic E-state index is 13.3. The van der Waals surface area contributed by atoms with E-state index in [1.165, 1.54) is 19.1 Å². The molecule has 0 radical (unpaired) electrons. The molecule has 0 aliphatic carbocycles. The number of rotatable bonds is 13. The number of phenols is 1. The van der Waals surface area contributed by atoms with Crippen molar-refractivity contribution >= 4 is 23.7 Å². The van der Waals surface area contributed by atoms with Crippen molar-refractivity contribution in [3.05, 3.63) is 102 Å². The van der Waals surface area contributed by atoms with E-state index < -0.39 is 47.9 Å². The van der Waals surface area contributed by atoms with Crippen LogP contribution in [0.15, 0.2) is 84.9 Å². The quantitative estimate of drug-likeness (QED) is 0.188. The number of phenolic OH excluding ortho intramolecular Hbond substituents is 1. The van der Waals surface area contributed by atoms with Gasteiger partial charge in [-0.05, 0) is 42.2 Å². The van der Waals surface area contributed by atoms with Gasteiger partial charge in [0.1, 0.15) is 23.9 Å². The van der Waals surface area contributed by atoms with Crippen LogP contribution >= 0.6 is 0 Å². The van der Waals surface area contributed by atoms with Crippen molar-refractivity contribution < 1.29 is 29.4 Å². The first kappa shape index (κ1) is 29.9. The van der Waals surface area contributed by atoms with Gasteiger partial charge in [-0.25, -0.2) is 4.79 Å². The van der Waals surface area contributed by atoms with Crippen LogP contribution in [0.3, 0.4) is 0 Å². The van der Waals surface area contributed by atoms with E-state index in [9.17, 15) is 29.4 Å². The summed E-state index contributed by atoms with van der Waals surface area (Å²) < 4.78 is 0. The minimum atomic E-state index is -1.23. The first-order valence-corrected chi connectivity index (χ1v) is 12.9. The Kier molecular flexibility index (Phi) is 10.8. The molecule has 210 valence electrons. The van der Waals surface area contributed by atoms with Crippen molar-refractivity contribution in [3.8, 4) is 5.75 Å². The summed E-state index contributed by atoms with van der Waals surface area (Å²) in [5.41, 5.74) is 8.24. The molecule has 4 unspecified atom stereocenters. The van der Waals surface area contributed by atoms with Gasteiger partial charge >= 0.3 is 5.97 Å². The molecule has 0 fully saturated rings. The Morgan fingerprint density at radius 2 is 1.12 bits per heavy atom. The summed E-state index contributed by atoms with van der Waals surface area (Å²) in [6.07, 6.45) is 0.349. The molecule has 0 aliphatic heterocycles. The molecule has 3 rings (SSSR count). The summed E-state index contributed by atoms with van der Waals surface area (Å²) in [5.74, 6) is -3.07. The Hall–Kier alpha value is -4.70. The third-order valence-electron chi connectivity index (χ3n) is 6.29. The fourth-order valence-corrected chi connectivity index (χ4v) is 4.04. The molecule has 0 spiro atoms. The van der Waals surface area contributed by atoms with Gasteiger partial charge in [-0.2, -0.15) is 0 Å². The maximum Gasteiger partial charge on any atom is 0.326 e. The number of hydrogen-bond acceptors (Lipinski definition) is 6. The molecule has 3 amide bonds. The van der Waals surface area contributed by atoms with Gasteiger partial charge in [0.2, 0.25) is 17.7 Å². The first-order valence-electron chi connectivity index (χ1n) is 12.9. The molecule has 40 heavy (non-hydrogen) atoms. The van der Waals surface area contributed by atoms with Gasteiger partial charge in [-0.3, -0.25) is 14.4 Å². The summed E-state index contributed by atoms with van der Waals surface area (Å²) in [5, 5.41) is 27.0. The summed E-state index contributed by atoms with van der Waals surface area (Å²) >= 11 is 0. The number of carboxylic acids is 1. The van der Waals surface area contributed by atoms with Crippen molar-refractivity contribution in [1.29, 1.82) is 0 Å². The highest BCUT2D eigenvalue weighted by Crippen LogP contribution is 2.12. The third-order valence-corrected chi connectivity index (χ3v) is 6.29.